The summed E-state index contributed by atoms with van der Waals surface area (Å²) in [6.07, 6.45) is 1.90. The van der Waals surface area contributed by atoms with E-state index in [-0.39, 0.29) is 0 Å². The fraction of sp³-hybridized carbons (Fsp3) is 0.200. The molecular formula is C10H12N2O. The van der Waals surface area contributed by atoms with Crippen molar-refractivity contribution in [2.45, 2.75) is 6.54 Å². The van der Waals surface area contributed by atoms with E-state index in [1.165, 1.54) is 0 Å². The second-order valence-electron chi connectivity index (χ2n) is 2.90. The van der Waals surface area contributed by atoms with E-state index in [1.54, 1.807) is 7.11 Å². The predicted molar refractivity (Wildman–Crippen MR) is 52.7 cm³/mol. The van der Waals surface area contributed by atoms with E-state index in [4.69, 9.17) is 10.5 Å². The van der Waals surface area contributed by atoms with E-state index in [1.807, 2.05) is 24.4 Å². The molecular weight excluding hydrogens is 164 g/mol. The lowest BCUT2D eigenvalue weighted by molar-refractivity contribution is 0.419. The van der Waals surface area contributed by atoms with Gasteiger partial charge in [-0.25, -0.2) is 0 Å². The van der Waals surface area contributed by atoms with Gasteiger partial charge in [-0.1, -0.05) is 6.07 Å². The third-order valence-corrected chi connectivity index (χ3v) is 2.22. The van der Waals surface area contributed by atoms with Gasteiger partial charge in [-0.05, 0) is 17.7 Å². The number of H-pyrrole nitrogens is 1. The minimum atomic E-state index is 0.554. The van der Waals surface area contributed by atoms with Crippen LogP contribution in [0.15, 0.2) is 24.4 Å². The van der Waals surface area contributed by atoms with E-state index in [0.29, 0.717) is 6.54 Å². The first-order valence-corrected chi connectivity index (χ1v) is 4.20. The quantitative estimate of drug-likeness (QED) is 0.730. The van der Waals surface area contributed by atoms with Crippen LogP contribution >= 0.6 is 0 Å². The van der Waals surface area contributed by atoms with E-state index in [0.717, 1.165) is 22.2 Å². The molecule has 1 aromatic heterocycles. The maximum Gasteiger partial charge on any atom is 0.142 e. The smallest absolute Gasteiger partial charge is 0.142 e. The van der Waals surface area contributed by atoms with Crippen LogP contribution in [-0.4, -0.2) is 12.1 Å². The number of aromatic nitrogens is 1. The van der Waals surface area contributed by atoms with Crippen LogP contribution in [0.1, 0.15) is 5.56 Å². The maximum atomic E-state index is 5.61. The van der Waals surface area contributed by atoms with Crippen LogP contribution in [0, 0.1) is 0 Å². The summed E-state index contributed by atoms with van der Waals surface area (Å²) in [5, 5.41) is 1.14. The monoisotopic (exact) mass is 176 g/mol. The minimum absolute atomic E-state index is 0.554. The van der Waals surface area contributed by atoms with Crippen molar-refractivity contribution in [3.63, 3.8) is 0 Å². The summed E-state index contributed by atoms with van der Waals surface area (Å²) in [5.74, 6) is 0.859. The molecule has 13 heavy (non-hydrogen) atoms. The van der Waals surface area contributed by atoms with Crippen molar-refractivity contribution in [2.75, 3.05) is 7.11 Å². The van der Waals surface area contributed by atoms with Crippen LogP contribution in [0.25, 0.3) is 10.9 Å². The third-order valence-electron chi connectivity index (χ3n) is 2.22. The number of methoxy groups -OCH3 is 1. The number of nitrogens with one attached hydrogen (secondary N) is 1. The van der Waals surface area contributed by atoms with Crippen molar-refractivity contribution in [3.05, 3.63) is 30.0 Å². The molecule has 0 aliphatic rings. The summed E-state index contributed by atoms with van der Waals surface area (Å²) in [6, 6.07) is 5.94. The number of benzene rings is 1. The van der Waals surface area contributed by atoms with Crippen LogP contribution in [-0.2, 0) is 6.54 Å². The summed E-state index contributed by atoms with van der Waals surface area (Å²) in [5.41, 5.74) is 7.77. The molecule has 1 aromatic carbocycles. The molecule has 0 aliphatic heterocycles. The summed E-state index contributed by atoms with van der Waals surface area (Å²) >= 11 is 0. The molecule has 2 aromatic rings. The van der Waals surface area contributed by atoms with Gasteiger partial charge in [0.25, 0.3) is 0 Å². The van der Waals surface area contributed by atoms with Gasteiger partial charge in [0.05, 0.1) is 12.6 Å². The standard InChI is InChI=1S/C10H12N2O/c1-13-9-3-2-7(6-11)8-4-5-12-10(8)9/h2-5,12H,6,11H2,1H3. The fourth-order valence-electron chi connectivity index (χ4n) is 1.54. The number of hydrogen-bond donors (Lipinski definition) is 2. The van der Waals surface area contributed by atoms with Gasteiger partial charge in [-0.2, -0.15) is 0 Å². The first kappa shape index (κ1) is 8.13. The summed E-state index contributed by atoms with van der Waals surface area (Å²) < 4.78 is 5.21. The predicted octanol–water partition coefficient (Wildman–Crippen LogP) is 1.64. The van der Waals surface area contributed by atoms with Crippen molar-refractivity contribution >= 4 is 10.9 Å². The van der Waals surface area contributed by atoms with Gasteiger partial charge < -0.3 is 15.5 Å². The first-order chi connectivity index (χ1) is 6.36. The third kappa shape index (κ3) is 1.17. The van der Waals surface area contributed by atoms with Gasteiger partial charge in [0.2, 0.25) is 0 Å². The molecule has 0 saturated heterocycles. The van der Waals surface area contributed by atoms with Gasteiger partial charge in [-0.15, -0.1) is 0 Å². The van der Waals surface area contributed by atoms with Crippen molar-refractivity contribution < 1.29 is 4.74 Å². The van der Waals surface area contributed by atoms with Crippen molar-refractivity contribution in [3.8, 4) is 5.75 Å². The molecule has 0 amide bonds. The average molecular weight is 176 g/mol. The maximum absolute atomic E-state index is 5.61. The van der Waals surface area contributed by atoms with E-state index >= 15 is 0 Å². The van der Waals surface area contributed by atoms with E-state index in [9.17, 15) is 0 Å². The van der Waals surface area contributed by atoms with Crippen LogP contribution in [0.5, 0.6) is 5.75 Å². The highest BCUT2D eigenvalue weighted by atomic mass is 16.5. The van der Waals surface area contributed by atoms with Crippen molar-refractivity contribution in [1.29, 1.82) is 0 Å². The Balaban J connectivity index is 2.74. The fourth-order valence-corrected chi connectivity index (χ4v) is 1.54. The normalized spacial score (nSPS) is 10.6. The number of rotatable bonds is 2. The van der Waals surface area contributed by atoms with Crippen molar-refractivity contribution in [1.82, 2.24) is 4.98 Å². The Hall–Kier alpha value is -1.48. The van der Waals surface area contributed by atoms with Crippen LogP contribution < -0.4 is 10.5 Å². The molecule has 2 rings (SSSR count). The van der Waals surface area contributed by atoms with Gasteiger partial charge >= 0.3 is 0 Å². The van der Waals surface area contributed by atoms with E-state index in [2.05, 4.69) is 4.98 Å². The van der Waals surface area contributed by atoms with E-state index < -0.39 is 0 Å². The zero-order valence-electron chi connectivity index (χ0n) is 7.50. The van der Waals surface area contributed by atoms with Gasteiger partial charge in [0, 0.05) is 18.1 Å². The second kappa shape index (κ2) is 3.11. The number of fused-ring (bicyclic) bond motifs is 1. The molecule has 0 saturated carbocycles. The number of ether oxygens (including phenoxy) is 1. The average Bonchev–Trinajstić information content (AvgIpc) is 2.64. The molecule has 3 heteroatoms. The molecule has 0 radical (unpaired) electrons. The topological polar surface area (TPSA) is 51.0 Å². The molecule has 0 fully saturated rings. The van der Waals surface area contributed by atoms with Crippen molar-refractivity contribution in [2.24, 2.45) is 5.73 Å². The highest BCUT2D eigenvalue weighted by molar-refractivity contribution is 5.88. The summed E-state index contributed by atoms with van der Waals surface area (Å²) in [6.45, 7) is 0.554. The zero-order chi connectivity index (χ0) is 9.26. The number of hydrogen-bond acceptors (Lipinski definition) is 2. The number of nitrogens with two attached hydrogens (primary N) is 1. The Morgan fingerprint density at radius 3 is 2.92 bits per heavy atom. The largest absolute Gasteiger partial charge is 0.495 e. The zero-order valence-corrected chi connectivity index (χ0v) is 7.50. The highest BCUT2D eigenvalue weighted by Crippen LogP contribution is 2.26. The Bertz CT molecular complexity index is 382. The lowest BCUT2D eigenvalue weighted by Crippen LogP contribution is -1.97. The molecule has 0 spiro atoms. The second-order valence-corrected chi connectivity index (χ2v) is 2.90. The molecule has 0 unspecified atom stereocenters. The van der Waals surface area contributed by atoms with Crippen LogP contribution in [0.2, 0.25) is 0 Å². The minimum Gasteiger partial charge on any atom is -0.495 e. The highest BCUT2D eigenvalue weighted by Gasteiger charge is 2.05. The molecule has 0 aliphatic carbocycles. The Labute approximate surface area is 76.5 Å². The summed E-state index contributed by atoms with van der Waals surface area (Å²) in [7, 11) is 1.66. The Morgan fingerprint density at radius 1 is 1.38 bits per heavy atom. The van der Waals surface area contributed by atoms with Gasteiger partial charge in [0.15, 0.2) is 0 Å². The molecule has 0 atom stereocenters. The van der Waals surface area contributed by atoms with Gasteiger partial charge in [-0.3, -0.25) is 0 Å². The molecule has 3 nitrogen and oxygen atoms in total. The molecule has 3 N–H and O–H groups in total. The molecule has 0 bridgehead atoms. The summed E-state index contributed by atoms with van der Waals surface area (Å²) in [4.78, 5) is 3.13. The Morgan fingerprint density at radius 2 is 2.23 bits per heavy atom. The van der Waals surface area contributed by atoms with Crippen LogP contribution in [0.4, 0.5) is 0 Å². The number of aromatic amines is 1. The molecule has 1 heterocycles. The SMILES string of the molecule is COc1ccc(CN)c2cc[nH]c12. The lowest BCUT2D eigenvalue weighted by Gasteiger charge is -2.04. The first-order valence-electron chi connectivity index (χ1n) is 4.20. The lowest BCUT2D eigenvalue weighted by atomic mass is 10.1. The van der Waals surface area contributed by atoms with Crippen LogP contribution in [0.3, 0.4) is 0 Å². The molecule has 68 valence electrons. The Kier molecular flexibility index (Phi) is 1.94. The van der Waals surface area contributed by atoms with Gasteiger partial charge in [0.1, 0.15) is 5.75 Å².